The summed E-state index contributed by atoms with van der Waals surface area (Å²) in [6.45, 7) is 3.44. The highest BCUT2D eigenvalue weighted by Crippen LogP contribution is 2.26. The lowest BCUT2D eigenvalue weighted by molar-refractivity contribution is -0.105. The van der Waals surface area contributed by atoms with Crippen molar-refractivity contribution in [3.05, 3.63) is 29.8 Å². The Balaban J connectivity index is 1.98. The Morgan fingerprint density at radius 1 is 1.39 bits per heavy atom. The second-order valence-corrected chi connectivity index (χ2v) is 5.36. The molecule has 2 rings (SSSR count). The van der Waals surface area contributed by atoms with Gasteiger partial charge in [0.2, 0.25) is 6.41 Å². The number of para-hydroxylation sites is 1. The highest BCUT2D eigenvalue weighted by molar-refractivity contribution is 5.73. The van der Waals surface area contributed by atoms with Crippen molar-refractivity contribution in [3.8, 4) is 0 Å². The summed E-state index contributed by atoms with van der Waals surface area (Å²) < 4.78 is 0. The lowest BCUT2D eigenvalue weighted by atomic mass is 9.85. The Morgan fingerprint density at radius 3 is 2.94 bits per heavy atom. The van der Waals surface area contributed by atoms with Crippen molar-refractivity contribution in [2.75, 3.05) is 11.9 Å². The maximum atomic E-state index is 10.6. The molecule has 1 fully saturated rings. The predicted molar refractivity (Wildman–Crippen MR) is 74.7 cm³/mol. The molecular formula is C15H22N2O. The van der Waals surface area contributed by atoms with Gasteiger partial charge in [-0.1, -0.05) is 24.6 Å². The van der Waals surface area contributed by atoms with Gasteiger partial charge in [0.1, 0.15) is 0 Å². The molecule has 3 heteroatoms. The van der Waals surface area contributed by atoms with Gasteiger partial charge in [0.15, 0.2) is 0 Å². The molecule has 0 spiro atoms. The lowest BCUT2D eigenvalue weighted by Crippen LogP contribution is -2.46. The van der Waals surface area contributed by atoms with Gasteiger partial charge in [0, 0.05) is 11.2 Å². The van der Waals surface area contributed by atoms with E-state index in [0.717, 1.165) is 31.5 Å². The molecule has 2 N–H and O–H groups in total. The Hall–Kier alpha value is -1.35. The third-order valence-corrected chi connectivity index (χ3v) is 3.89. The maximum Gasteiger partial charge on any atom is 0.211 e. The van der Waals surface area contributed by atoms with Crippen LogP contribution in [-0.4, -0.2) is 18.5 Å². The van der Waals surface area contributed by atoms with Gasteiger partial charge in [-0.25, -0.2) is 0 Å². The number of amides is 1. The van der Waals surface area contributed by atoms with Crippen molar-refractivity contribution in [1.29, 1.82) is 0 Å². The van der Waals surface area contributed by atoms with E-state index in [-0.39, 0.29) is 5.54 Å². The maximum absolute atomic E-state index is 10.6. The molecule has 98 valence electrons. The summed E-state index contributed by atoms with van der Waals surface area (Å²) in [5.74, 6) is 0. The van der Waals surface area contributed by atoms with Crippen LogP contribution in [0.3, 0.4) is 0 Å². The SMILES string of the molecule is CC1(CCc2ccccc2NC=O)CCCCN1. The van der Waals surface area contributed by atoms with E-state index < -0.39 is 0 Å². The molecule has 1 aromatic carbocycles. The van der Waals surface area contributed by atoms with Gasteiger partial charge in [-0.3, -0.25) is 4.79 Å². The van der Waals surface area contributed by atoms with Gasteiger partial charge in [-0.05, 0) is 50.8 Å². The molecule has 1 atom stereocenters. The van der Waals surface area contributed by atoms with Crippen LogP contribution in [0.1, 0.15) is 38.2 Å². The van der Waals surface area contributed by atoms with Crippen molar-refractivity contribution in [1.82, 2.24) is 5.32 Å². The number of anilines is 1. The minimum absolute atomic E-state index is 0.256. The third kappa shape index (κ3) is 3.33. The predicted octanol–water partition coefficient (Wildman–Crippen LogP) is 2.72. The highest BCUT2D eigenvalue weighted by Gasteiger charge is 2.25. The Kier molecular flexibility index (Phi) is 4.37. The number of hydrogen-bond donors (Lipinski definition) is 2. The second kappa shape index (κ2) is 6.01. The van der Waals surface area contributed by atoms with Crippen LogP contribution in [-0.2, 0) is 11.2 Å². The summed E-state index contributed by atoms with van der Waals surface area (Å²) in [6, 6.07) is 8.04. The minimum Gasteiger partial charge on any atom is -0.328 e. The zero-order valence-corrected chi connectivity index (χ0v) is 11.0. The van der Waals surface area contributed by atoms with Gasteiger partial charge in [-0.2, -0.15) is 0 Å². The van der Waals surface area contributed by atoms with Gasteiger partial charge >= 0.3 is 0 Å². The molecule has 1 amide bonds. The molecule has 1 aromatic rings. The van der Waals surface area contributed by atoms with Crippen molar-refractivity contribution in [2.45, 2.75) is 44.6 Å². The first-order chi connectivity index (χ1) is 8.73. The monoisotopic (exact) mass is 246 g/mol. The first kappa shape index (κ1) is 13.1. The molecule has 0 radical (unpaired) electrons. The van der Waals surface area contributed by atoms with Crippen LogP contribution in [0.4, 0.5) is 5.69 Å². The van der Waals surface area contributed by atoms with Crippen LogP contribution >= 0.6 is 0 Å². The van der Waals surface area contributed by atoms with Crippen molar-refractivity contribution in [3.63, 3.8) is 0 Å². The zero-order chi connectivity index (χ0) is 12.8. The van der Waals surface area contributed by atoms with Crippen LogP contribution in [0.15, 0.2) is 24.3 Å². The van der Waals surface area contributed by atoms with Crippen LogP contribution in [0.2, 0.25) is 0 Å². The van der Waals surface area contributed by atoms with E-state index in [0.29, 0.717) is 0 Å². The highest BCUT2D eigenvalue weighted by atomic mass is 16.1. The number of rotatable bonds is 5. The fourth-order valence-corrected chi connectivity index (χ4v) is 2.69. The lowest BCUT2D eigenvalue weighted by Gasteiger charge is -2.35. The molecule has 1 saturated heterocycles. The minimum atomic E-state index is 0.256. The van der Waals surface area contributed by atoms with E-state index in [1.165, 1.54) is 24.8 Å². The number of carbonyl (C=O) groups excluding carboxylic acids is 1. The van der Waals surface area contributed by atoms with E-state index in [2.05, 4.69) is 23.6 Å². The molecule has 1 aliphatic rings. The fraction of sp³-hybridized carbons (Fsp3) is 0.533. The average molecular weight is 246 g/mol. The molecule has 1 aliphatic heterocycles. The third-order valence-electron chi connectivity index (χ3n) is 3.89. The summed E-state index contributed by atoms with van der Waals surface area (Å²) in [5, 5.41) is 6.40. The van der Waals surface area contributed by atoms with Gasteiger partial charge in [0.05, 0.1) is 0 Å². The second-order valence-electron chi connectivity index (χ2n) is 5.36. The normalized spacial score (nSPS) is 23.6. The molecule has 3 nitrogen and oxygen atoms in total. The Bertz CT molecular complexity index is 397. The summed E-state index contributed by atoms with van der Waals surface area (Å²) in [5.41, 5.74) is 2.41. The Morgan fingerprint density at radius 2 is 2.22 bits per heavy atom. The van der Waals surface area contributed by atoms with Crippen LogP contribution < -0.4 is 10.6 Å². The van der Waals surface area contributed by atoms with Crippen molar-refractivity contribution in [2.24, 2.45) is 0 Å². The van der Waals surface area contributed by atoms with Crippen LogP contribution in [0.25, 0.3) is 0 Å². The van der Waals surface area contributed by atoms with Crippen molar-refractivity contribution >= 4 is 12.1 Å². The topological polar surface area (TPSA) is 41.1 Å². The summed E-state index contributed by atoms with van der Waals surface area (Å²) in [4.78, 5) is 10.6. The van der Waals surface area contributed by atoms with Crippen LogP contribution in [0, 0.1) is 0 Å². The van der Waals surface area contributed by atoms with Crippen molar-refractivity contribution < 1.29 is 4.79 Å². The summed E-state index contributed by atoms with van der Waals surface area (Å²) >= 11 is 0. The molecule has 1 heterocycles. The summed E-state index contributed by atoms with van der Waals surface area (Å²) in [7, 11) is 0. The van der Waals surface area contributed by atoms with Gasteiger partial charge in [0.25, 0.3) is 0 Å². The first-order valence-electron chi connectivity index (χ1n) is 6.77. The fourth-order valence-electron chi connectivity index (χ4n) is 2.69. The number of piperidine rings is 1. The number of carbonyl (C=O) groups is 1. The molecule has 0 aliphatic carbocycles. The molecule has 0 aromatic heterocycles. The average Bonchev–Trinajstić information content (AvgIpc) is 2.39. The molecule has 0 bridgehead atoms. The number of aryl methyl sites for hydroxylation is 1. The van der Waals surface area contributed by atoms with E-state index in [1.54, 1.807) is 0 Å². The first-order valence-corrected chi connectivity index (χ1v) is 6.77. The van der Waals surface area contributed by atoms with E-state index in [9.17, 15) is 4.79 Å². The smallest absolute Gasteiger partial charge is 0.211 e. The van der Waals surface area contributed by atoms with Crippen LogP contribution in [0.5, 0.6) is 0 Å². The van der Waals surface area contributed by atoms with E-state index in [1.807, 2.05) is 18.2 Å². The van der Waals surface area contributed by atoms with Gasteiger partial charge < -0.3 is 10.6 Å². The van der Waals surface area contributed by atoms with E-state index in [4.69, 9.17) is 0 Å². The summed E-state index contributed by atoms with van der Waals surface area (Å²) in [6.07, 6.45) is 6.72. The number of benzene rings is 1. The molecule has 1 unspecified atom stereocenters. The Labute approximate surface area is 109 Å². The quantitative estimate of drug-likeness (QED) is 0.784. The zero-order valence-electron chi connectivity index (χ0n) is 11.0. The molecule has 18 heavy (non-hydrogen) atoms. The molecular weight excluding hydrogens is 224 g/mol. The number of nitrogens with one attached hydrogen (secondary N) is 2. The number of hydrogen-bond acceptors (Lipinski definition) is 2. The largest absolute Gasteiger partial charge is 0.328 e. The standard InChI is InChI=1S/C15H22N2O/c1-15(9-4-5-11-17-15)10-8-13-6-2-3-7-14(13)16-12-18/h2-3,6-7,12,17H,4-5,8-11H2,1H3,(H,16,18). The van der Waals surface area contributed by atoms with Gasteiger partial charge in [-0.15, -0.1) is 0 Å². The van der Waals surface area contributed by atoms with E-state index >= 15 is 0 Å². The molecule has 0 saturated carbocycles.